The normalized spacial score (nSPS) is 11.9. The third-order valence-corrected chi connectivity index (χ3v) is 3.47. The Labute approximate surface area is 138 Å². The van der Waals surface area contributed by atoms with Gasteiger partial charge in [0.15, 0.2) is 16.6 Å². The summed E-state index contributed by atoms with van der Waals surface area (Å²) in [7, 11) is 0. The van der Waals surface area contributed by atoms with Crippen LogP contribution in [0.2, 0.25) is 0 Å². The molecule has 3 rings (SSSR count). The van der Waals surface area contributed by atoms with E-state index in [1.165, 1.54) is 0 Å². The summed E-state index contributed by atoms with van der Waals surface area (Å²) in [4.78, 5) is 12.2. The van der Waals surface area contributed by atoms with Crippen LogP contribution in [0.5, 0.6) is 17.2 Å². The zero-order chi connectivity index (χ0) is 16.4. The smallest absolute Gasteiger partial charge is 0.257 e. The van der Waals surface area contributed by atoms with E-state index in [-0.39, 0.29) is 23.6 Å². The van der Waals surface area contributed by atoms with Gasteiger partial charge in [0, 0.05) is 5.56 Å². The summed E-state index contributed by atoms with van der Waals surface area (Å²) in [6.45, 7) is 2.01. The van der Waals surface area contributed by atoms with Gasteiger partial charge in [-0.05, 0) is 55.0 Å². The van der Waals surface area contributed by atoms with Gasteiger partial charge in [-0.2, -0.15) is 0 Å². The number of fused-ring (bicyclic) bond motifs is 1. The first-order valence-electron chi connectivity index (χ1n) is 6.84. The summed E-state index contributed by atoms with van der Waals surface area (Å²) in [5.41, 5.74) is 1.74. The van der Waals surface area contributed by atoms with Gasteiger partial charge < -0.3 is 19.9 Å². The Morgan fingerprint density at radius 1 is 1.17 bits per heavy atom. The van der Waals surface area contributed by atoms with Crippen molar-refractivity contribution in [3.63, 3.8) is 0 Å². The largest absolute Gasteiger partial charge is 0.506 e. The Hall–Kier alpha value is -2.80. The number of hydrogen-bond donors (Lipinski definition) is 3. The number of aryl methyl sites for hydroxylation is 1. The van der Waals surface area contributed by atoms with Gasteiger partial charge >= 0.3 is 0 Å². The van der Waals surface area contributed by atoms with E-state index >= 15 is 0 Å². The Balaban J connectivity index is 1.66. The van der Waals surface area contributed by atoms with Crippen molar-refractivity contribution in [2.45, 2.75) is 6.92 Å². The van der Waals surface area contributed by atoms with E-state index in [9.17, 15) is 9.90 Å². The molecular weight excluding hydrogens is 316 g/mol. The molecular formula is C16H14N2O4S. The lowest BCUT2D eigenvalue weighted by atomic mass is 10.2. The predicted molar refractivity (Wildman–Crippen MR) is 89.1 cm³/mol. The summed E-state index contributed by atoms with van der Waals surface area (Å²) in [6, 6.07) is 9.98. The van der Waals surface area contributed by atoms with E-state index in [0.717, 1.165) is 5.56 Å². The minimum atomic E-state index is -0.382. The molecule has 0 aliphatic carbocycles. The van der Waals surface area contributed by atoms with Gasteiger partial charge in [0.1, 0.15) is 5.75 Å². The molecule has 0 saturated heterocycles. The second-order valence-electron chi connectivity index (χ2n) is 5.00. The standard InChI is InChI=1S/C16H14N2O4S/c1-9-2-4-11(12(19)6-9)17-16(23)18-15(20)10-3-5-13-14(7-10)22-8-21-13/h2-7,19H,8H2,1H3,(H2,17,18,20,23). The van der Waals surface area contributed by atoms with Crippen molar-refractivity contribution in [1.29, 1.82) is 0 Å². The number of rotatable bonds is 2. The van der Waals surface area contributed by atoms with Crippen molar-refractivity contribution in [2.24, 2.45) is 0 Å². The zero-order valence-corrected chi connectivity index (χ0v) is 13.1. The third-order valence-electron chi connectivity index (χ3n) is 3.26. The molecule has 1 aliphatic rings. The highest BCUT2D eigenvalue weighted by atomic mass is 32.1. The third kappa shape index (κ3) is 3.35. The van der Waals surface area contributed by atoms with Crippen LogP contribution in [0.15, 0.2) is 36.4 Å². The second kappa shape index (κ2) is 6.13. The molecule has 1 heterocycles. The van der Waals surface area contributed by atoms with Gasteiger partial charge in [-0.1, -0.05) is 6.07 Å². The minimum absolute atomic E-state index is 0.0599. The maximum atomic E-state index is 12.2. The molecule has 7 heteroatoms. The van der Waals surface area contributed by atoms with Crippen LogP contribution in [0.25, 0.3) is 0 Å². The van der Waals surface area contributed by atoms with Crippen LogP contribution < -0.4 is 20.1 Å². The number of carbonyl (C=O) groups excluding carboxylic acids is 1. The van der Waals surface area contributed by atoms with Crippen LogP contribution in [-0.2, 0) is 0 Å². The molecule has 0 unspecified atom stereocenters. The molecule has 0 aromatic heterocycles. The van der Waals surface area contributed by atoms with Crippen molar-refractivity contribution in [3.8, 4) is 17.2 Å². The van der Waals surface area contributed by atoms with E-state index in [1.54, 1.807) is 30.3 Å². The maximum Gasteiger partial charge on any atom is 0.257 e. The summed E-state index contributed by atoms with van der Waals surface area (Å²) in [5, 5.41) is 15.3. The predicted octanol–water partition coefficient (Wildman–Crippen LogP) is 2.56. The molecule has 0 saturated carbocycles. The molecule has 3 N–H and O–H groups in total. The molecule has 23 heavy (non-hydrogen) atoms. The lowest BCUT2D eigenvalue weighted by Gasteiger charge is -2.11. The van der Waals surface area contributed by atoms with Crippen molar-refractivity contribution < 1.29 is 19.4 Å². The number of phenols is 1. The number of carbonyl (C=O) groups is 1. The Morgan fingerprint density at radius 2 is 1.96 bits per heavy atom. The fourth-order valence-electron chi connectivity index (χ4n) is 2.11. The van der Waals surface area contributed by atoms with Crippen molar-refractivity contribution in [1.82, 2.24) is 5.32 Å². The van der Waals surface area contributed by atoms with Crippen LogP contribution in [0.3, 0.4) is 0 Å². The van der Waals surface area contributed by atoms with Gasteiger partial charge in [0.2, 0.25) is 6.79 Å². The van der Waals surface area contributed by atoms with E-state index in [0.29, 0.717) is 22.7 Å². The average Bonchev–Trinajstić information content (AvgIpc) is 2.97. The first-order chi connectivity index (χ1) is 11.0. The van der Waals surface area contributed by atoms with E-state index in [2.05, 4.69) is 10.6 Å². The molecule has 0 radical (unpaired) electrons. The number of nitrogens with one attached hydrogen (secondary N) is 2. The average molecular weight is 330 g/mol. The monoisotopic (exact) mass is 330 g/mol. The molecule has 6 nitrogen and oxygen atoms in total. The molecule has 0 bridgehead atoms. The fraction of sp³-hybridized carbons (Fsp3) is 0.125. The molecule has 0 spiro atoms. The van der Waals surface area contributed by atoms with Crippen LogP contribution >= 0.6 is 12.2 Å². The first-order valence-corrected chi connectivity index (χ1v) is 7.25. The van der Waals surface area contributed by atoms with Crippen molar-refractivity contribution in [2.75, 3.05) is 12.1 Å². The van der Waals surface area contributed by atoms with Gasteiger partial charge in [-0.15, -0.1) is 0 Å². The maximum absolute atomic E-state index is 12.2. The zero-order valence-electron chi connectivity index (χ0n) is 12.3. The lowest BCUT2D eigenvalue weighted by Crippen LogP contribution is -2.34. The Morgan fingerprint density at radius 3 is 2.74 bits per heavy atom. The van der Waals surface area contributed by atoms with Crippen molar-refractivity contribution >= 4 is 28.9 Å². The van der Waals surface area contributed by atoms with E-state index in [4.69, 9.17) is 21.7 Å². The second-order valence-corrected chi connectivity index (χ2v) is 5.41. The van der Waals surface area contributed by atoms with Gasteiger partial charge in [-0.3, -0.25) is 10.1 Å². The first kappa shape index (κ1) is 15.1. The van der Waals surface area contributed by atoms with Crippen LogP contribution in [-0.4, -0.2) is 22.9 Å². The topological polar surface area (TPSA) is 79.8 Å². The number of anilines is 1. The summed E-state index contributed by atoms with van der Waals surface area (Å²) >= 11 is 5.09. The van der Waals surface area contributed by atoms with E-state index < -0.39 is 0 Å². The molecule has 118 valence electrons. The highest BCUT2D eigenvalue weighted by Crippen LogP contribution is 2.32. The highest BCUT2D eigenvalue weighted by Gasteiger charge is 2.17. The van der Waals surface area contributed by atoms with Gasteiger partial charge in [-0.25, -0.2) is 0 Å². The van der Waals surface area contributed by atoms with Gasteiger partial charge in [0.25, 0.3) is 5.91 Å². The molecule has 0 atom stereocenters. The SMILES string of the molecule is Cc1ccc(NC(=S)NC(=O)c2ccc3c(c2)OCO3)c(O)c1. The quantitative estimate of drug-likeness (QED) is 0.580. The molecule has 0 fully saturated rings. The van der Waals surface area contributed by atoms with Gasteiger partial charge in [0.05, 0.1) is 5.69 Å². The number of ether oxygens (including phenoxy) is 2. The van der Waals surface area contributed by atoms with Crippen LogP contribution in [0.1, 0.15) is 15.9 Å². The Kier molecular flexibility index (Phi) is 4.03. The number of benzene rings is 2. The lowest BCUT2D eigenvalue weighted by molar-refractivity contribution is 0.0977. The number of phenolic OH excluding ortho intramolecular Hbond substituents is 1. The summed E-state index contributed by atoms with van der Waals surface area (Å²) in [5.74, 6) is 0.802. The summed E-state index contributed by atoms with van der Waals surface area (Å²) < 4.78 is 10.4. The molecule has 1 amide bonds. The van der Waals surface area contributed by atoms with Crippen LogP contribution in [0.4, 0.5) is 5.69 Å². The number of thiocarbonyl (C=S) groups is 1. The van der Waals surface area contributed by atoms with Crippen molar-refractivity contribution in [3.05, 3.63) is 47.5 Å². The summed E-state index contributed by atoms with van der Waals surface area (Å²) in [6.07, 6.45) is 0. The fourth-order valence-corrected chi connectivity index (χ4v) is 2.32. The molecule has 1 aliphatic heterocycles. The number of hydrogen-bond acceptors (Lipinski definition) is 5. The Bertz CT molecular complexity index is 792. The number of amides is 1. The van der Waals surface area contributed by atoms with E-state index in [1.807, 2.05) is 13.0 Å². The number of aromatic hydroxyl groups is 1. The molecule has 2 aromatic rings. The molecule has 2 aromatic carbocycles. The van der Waals surface area contributed by atoms with Crippen LogP contribution in [0, 0.1) is 6.92 Å². The highest BCUT2D eigenvalue weighted by molar-refractivity contribution is 7.80. The minimum Gasteiger partial charge on any atom is -0.506 e.